The van der Waals surface area contributed by atoms with E-state index in [1.54, 1.807) is 0 Å². The number of nitriles is 1. The average Bonchev–Trinajstić information content (AvgIpc) is 2.16. The van der Waals surface area contributed by atoms with Crippen LogP contribution in [0.15, 0.2) is 6.07 Å². The first kappa shape index (κ1) is 11.3. The van der Waals surface area contributed by atoms with Gasteiger partial charge in [0.15, 0.2) is 5.69 Å². The molecule has 0 bridgehead atoms. The molecule has 0 fully saturated rings. The molecular formula is C8H3ClF2N2O2. The van der Waals surface area contributed by atoms with Crippen LogP contribution in [0.25, 0.3) is 0 Å². The van der Waals surface area contributed by atoms with E-state index >= 15 is 0 Å². The fourth-order valence-electron chi connectivity index (χ4n) is 0.904. The third kappa shape index (κ3) is 2.19. The van der Waals surface area contributed by atoms with Crippen LogP contribution in [-0.2, 0) is 0 Å². The maximum Gasteiger partial charge on any atom is 0.338 e. The van der Waals surface area contributed by atoms with Gasteiger partial charge in [0.2, 0.25) is 0 Å². The molecule has 1 aromatic rings. The molecule has 0 aliphatic carbocycles. The molecule has 0 saturated carbocycles. The Morgan fingerprint density at radius 1 is 1.67 bits per heavy atom. The molecule has 0 aromatic carbocycles. The van der Waals surface area contributed by atoms with Crippen molar-refractivity contribution < 1.29 is 18.7 Å². The second-order valence-corrected chi connectivity index (χ2v) is 2.88. The lowest BCUT2D eigenvalue weighted by Crippen LogP contribution is -2.05. The Morgan fingerprint density at radius 3 is 2.67 bits per heavy atom. The van der Waals surface area contributed by atoms with Crippen LogP contribution < -0.4 is 0 Å². The number of halogens is 3. The minimum atomic E-state index is -2.95. The highest BCUT2D eigenvalue weighted by molar-refractivity contribution is 6.31. The smallest absolute Gasteiger partial charge is 0.338 e. The van der Waals surface area contributed by atoms with E-state index in [0.29, 0.717) is 0 Å². The lowest BCUT2D eigenvalue weighted by Gasteiger charge is -2.04. The minimum absolute atomic E-state index is 0.471. The monoisotopic (exact) mass is 232 g/mol. The highest BCUT2D eigenvalue weighted by Crippen LogP contribution is 2.26. The second kappa shape index (κ2) is 4.19. The van der Waals surface area contributed by atoms with Crippen molar-refractivity contribution in [3.05, 3.63) is 28.0 Å². The molecule has 15 heavy (non-hydrogen) atoms. The normalized spacial score (nSPS) is 10.1. The summed E-state index contributed by atoms with van der Waals surface area (Å²) in [6.07, 6.45) is -2.95. The van der Waals surface area contributed by atoms with Gasteiger partial charge in [0.1, 0.15) is 11.8 Å². The molecule has 1 aromatic heterocycles. The predicted molar refractivity (Wildman–Crippen MR) is 45.9 cm³/mol. The maximum atomic E-state index is 12.3. The SMILES string of the molecule is N#Cc1nc(C(F)F)c(Cl)cc1C(=O)O. The molecule has 0 amide bonds. The zero-order valence-electron chi connectivity index (χ0n) is 7.04. The standard InChI is InChI=1S/C8H3ClF2N2O2/c9-4-1-3(8(14)15)5(2-12)13-6(4)7(10)11/h1,7H,(H,14,15). The van der Waals surface area contributed by atoms with Gasteiger partial charge in [-0.15, -0.1) is 0 Å². The number of hydrogen-bond donors (Lipinski definition) is 1. The van der Waals surface area contributed by atoms with Crippen LogP contribution in [0, 0.1) is 11.3 Å². The van der Waals surface area contributed by atoms with E-state index in [1.807, 2.05) is 0 Å². The molecule has 0 spiro atoms. The van der Waals surface area contributed by atoms with E-state index in [-0.39, 0.29) is 0 Å². The van der Waals surface area contributed by atoms with Crippen LogP contribution in [0.3, 0.4) is 0 Å². The van der Waals surface area contributed by atoms with E-state index in [4.69, 9.17) is 22.0 Å². The summed E-state index contributed by atoms with van der Waals surface area (Å²) in [5.74, 6) is -1.44. The fourth-order valence-corrected chi connectivity index (χ4v) is 1.14. The Kier molecular flexibility index (Phi) is 3.17. The molecule has 0 atom stereocenters. The summed E-state index contributed by atoms with van der Waals surface area (Å²) in [6.45, 7) is 0. The number of alkyl halides is 2. The first-order valence-corrected chi connectivity index (χ1v) is 3.97. The van der Waals surface area contributed by atoms with E-state index < -0.39 is 34.4 Å². The van der Waals surface area contributed by atoms with E-state index in [2.05, 4.69) is 4.98 Å². The van der Waals surface area contributed by atoms with Crippen LogP contribution in [0.5, 0.6) is 0 Å². The zero-order valence-corrected chi connectivity index (χ0v) is 7.79. The Hall–Kier alpha value is -1.74. The highest BCUT2D eigenvalue weighted by Gasteiger charge is 2.20. The quantitative estimate of drug-likeness (QED) is 0.849. The second-order valence-electron chi connectivity index (χ2n) is 2.47. The first-order valence-electron chi connectivity index (χ1n) is 3.59. The van der Waals surface area contributed by atoms with Crippen LogP contribution >= 0.6 is 11.6 Å². The lowest BCUT2D eigenvalue weighted by atomic mass is 10.2. The van der Waals surface area contributed by atoms with Crippen molar-refractivity contribution in [2.24, 2.45) is 0 Å². The molecule has 1 rings (SSSR count). The van der Waals surface area contributed by atoms with Gasteiger partial charge in [-0.25, -0.2) is 18.6 Å². The number of carboxylic acid groups (broad SMARTS) is 1. The van der Waals surface area contributed by atoms with Gasteiger partial charge in [-0.3, -0.25) is 0 Å². The molecule has 78 valence electrons. The number of nitrogens with zero attached hydrogens (tertiary/aromatic N) is 2. The van der Waals surface area contributed by atoms with Gasteiger partial charge in [-0.1, -0.05) is 11.6 Å². The predicted octanol–water partition coefficient (Wildman–Crippen LogP) is 2.24. The summed E-state index contributed by atoms with van der Waals surface area (Å²) in [7, 11) is 0. The van der Waals surface area contributed by atoms with E-state index in [0.717, 1.165) is 6.07 Å². The number of aromatic nitrogens is 1. The molecule has 0 aliphatic heterocycles. The number of carboxylic acids is 1. The zero-order chi connectivity index (χ0) is 11.6. The van der Waals surface area contributed by atoms with Crippen LogP contribution in [0.2, 0.25) is 5.02 Å². The number of hydrogen-bond acceptors (Lipinski definition) is 3. The molecule has 0 unspecified atom stereocenters. The van der Waals surface area contributed by atoms with Crippen molar-refractivity contribution in [1.29, 1.82) is 5.26 Å². The van der Waals surface area contributed by atoms with Crippen molar-refractivity contribution in [1.82, 2.24) is 4.98 Å². The van der Waals surface area contributed by atoms with Crippen LogP contribution in [0.4, 0.5) is 8.78 Å². The molecule has 0 radical (unpaired) electrons. The first-order chi connectivity index (χ1) is 6.97. The van der Waals surface area contributed by atoms with Gasteiger partial charge >= 0.3 is 5.97 Å². The van der Waals surface area contributed by atoms with Gasteiger partial charge in [0.25, 0.3) is 6.43 Å². The minimum Gasteiger partial charge on any atom is -0.478 e. The number of rotatable bonds is 2. The molecular weight excluding hydrogens is 230 g/mol. The maximum absolute atomic E-state index is 12.3. The van der Waals surface area contributed by atoms with E-state index in [1.165, 1.54) is 6.07 Å². The largest absolute Gasteiger partial charge is 0.478 e. The van der Waals surface area contributed by atoms with Crippen molar-refractivity contribution in [3.8, 4) is 6.07 Å². The summed E-state index contributed by atoms with van der Waals surface area (Å²) < 4.78 is 24.5. The Labute approximate surface area is 87.7 Å². The summed E-state index contributed by atoms with van der Waals surface area (Å²) in [5, 5.41) is 16.6. The fraction of sp³-hybridized carbons (Fsp3) is 0.125. The Bertz CT molecular complexity index is 457. The number of pyridine rings is 1. The van der Waals surface area contributed by atoms with Gasteiger partial charge < -0.3 is 5.11 Å². The van der Waals surface area contributed by atoms with Crippen LogP contribution in [-0.4, -0.2) is 16.1 Å². The van der Waals surface area contributed by atoms with Gasteiger partial charge in [-0.05, 0) is 6.07 Å². The van der Waals surface area contributed by atoms with Crippen molar-refractivity contribution >= 4 is 17.6 Å². The molecule has 0 aliphatic rings. The van der Waals surface area contributed by atoms with E-state index in [9.17, 15) is 13.6 Å². The lowest BCUT2D eigenvalue weighted by molar-refractivity contribution is 0.0695. The molecule has 4 nitrogen and oxygen atoms in total. The van der Waals surface area contributed by atoms with Crippen molar-refractivity contribution in [3.63, 3.8) is 0 Å². The van der Waals surface area contributed by atoms with Crippen molar-refractivity contribution in [2.45, 2.75) is 6.43 Å². The Balaban J connectivity index is 3.44. The van der Waals surface area contributed by atoms with Gasteiger partial charge in [0.05, 0.1) is 10.6 Å². The molecule has 0 saturated heterocycles. The third-order valence-corrected chi connectivity index (χ3v) is 1.85. The van der Waals surface area contributed by atoms with Crippen LogP contribution in [0.1, 0.15) is 28.2 Å². The number of aromatic carboxylic acids is 1. The molecule has 7 heteroatoms. The summed E-state index contributed by atoms with van der Waals surface area (Å²) in [6, 6.07) is 2.20. The molecule has 1 heterocycles. The topological polar surface area (TPSA) is 74.0 Å². The average molecular weight is 233 g/mol. The van der Waals surface area contributed by atoms with Gasteiger partial charge in [-0.2, -0.15) is 5.26 Å². The summed E-state index contributed by atoms with van der Waals surface area (Å²) in [5.41, 5.74) is -1.87. The summed E-state index contributed by atoms with van der Waals surface area (Å²) in [4.78, 5) is 13.8. The van der Waals surface area contributed by atoms with Crippen molar-refractivity contribution in [2.75, 3.05) is 0 Å². The molecule has 1 N–H and O–H groups in total. The summed E-state index contributed by atoms with van der Waals surface area (Å²) >= 11 is 5.38. The number of carbonyl (C=O) groups is 1. The highest BCUT2D eigenvalue weighted by atomic mass is 35.5. The van der Waals surface area contributed by atoms with Gasteiger partial charge in [0, 0.05) is 0 Å². The third-order valence-electron chi connectivity index (χ3n) is 1.55. The Morgan fingerprint density at radius 2 is 2.27 bits per heavy atom.